The Balaban J connectivity index is 1.75. The maximum absolute atomic E-state index is 10.7. The Hall–Kier alpha value is -2.12. The molecule has 3 heterocycles. The molecule has 0 atom stereocenters. The number of imidazole rings is 1. The summed E-state index contributed by atoms with van der Waals surface area (Å²) in [5.74, 6) is -0.142. The zero-order chi connectivity index (χ0) is 15.3. The fourth-order valence-electron chi connectivity index (χ4n) is 2.33. The molecule has 3 aromatic heterocycles. The fourth-order valence-corrected chi connectivity index (χ4v) is 3.66. The molecule has 0 unspecified atom stereocenters. The number of aliphatic carboxylic acids is 1. The van der Waals surface area contributed by atoms with Crippen LogP contribution in [0, 0.1) is 0 Å². The van der Waals surface area contributed by atoms with Crippen LogP contribution < -0.4 is 0 Å². The van der Waals surface area contributed by atoms with Crippen LogP contribution in [-0.4, -0.2) is 20.5 Å². The number of furan rings is 1. The van der Waals surface area contributed by atoms with Crippen molar-refractivity contribution in [2.45, 2.75) is 6.42 Å². The van der Waals surface area contributed by atoms with Gasteiger partial charge >= 0.3 is 5.97 Å². The third-order valence-electron chi connectivity index (χ3n) is 3.26. The van der Waals surface area contributed by atoms with Gasteiger partial charge in [0, 0.05) is 27.1 Å². The van der Waals surface area contributed by atoms with Gasteiger partial charge in [0.15, 0.2) is 10.7 Å². The minimum atomic E-state index is -0.840. The molecule has 22 heavy (non-hydrogen) atoms. The van der Waals surface area contributed by atoms with E-state index in [1.165, 1.54) is 11.3 Å². The second-order valence-electron chi connectivity index (χ2n) is 4.88. The molecular weight excluding hydrogens is 368 g/mol. The van der Waals surface area contributed by atoms with E-state index in [2.05, 4.69) is 20.9 Å². The summed E-state index contributed by atoms with van der Waals surface area (Å²) < 4.78 is 8.65. The van der Waals surface area contributed by atoms with Crippen molar-refractivity contribution in [2.24, 2.45) is 0 Å². The summed E-state index contributed by atoms with van der Waals surface area (Å²) in [7, 11) is 0. The van der Waals surface area contributed by atoms with Gasteiger partial charge in [-0.05, 0) is 24.3 Å². The van der Waals surface area contributed by atoms with Crippen LogP contribution >= 0.6 is 27.3 Å². The predicted octanol–water partition coefficient (Wildman–Crippen LogP) is 4.20. The van der Waals surface area contributed by atoms with Crippen LogP contribution in [0.25, 0.3) is 27.4 Å². The van der Waals surface area contributed by atoms with Gasteiger partial charge in [0.2, 0.25) is 0 Å². The molecule has 0 fully saturated rings. The number of hydrogen-bond donors (Lipinski definition) is 1. The zero-order valence-corrected chi connectivity index (χ0v) is 13.5. The number of benzene rings is 1. The second kappa shape index (κ2) is 4.96. The largest absolute Gasteiger partial charge is 0.481 e. The Bertz CT molecular complexity index is 983. The highest BCUT2D eigenvalue weighted by atomic mass is 79.9. The number of carboxylic acid groups (broad SMARTS) is 1. The standard InChI is InChI=1S/C15H9BrN2O3S/c16-9-1-2-12-8(3-9)4-13(21-12)11-7-18-6-10(5-14(19)20)22-15(18)17-11/h1-4,6-7H,5H2,(H,19,20). The SMILES string of the molecule is O=C(O)Cc1cn2cc(-c3cc4cc(Br)ccc4o3)nc2s1. The third kappa shape index (κ3) is 2.32. The lowest BCUT2D eigenvalue weighted by Gasteiger charge is -1.89. The van der Waals surface area contributed by atoms with E-state index in [0.717, 1.165) is 31.0 Å². The molecular formula is C15H9BrN2O3S. The van der Waals surface area contributed by atoms with Gasteiger partial charge in [-0.1, -0.05) is 15.9 Å². The van der Waals surface area contributed by atoms with Crippen molar-refractivity contribution >= 4 is 49.2 Å². The summed E-state index contributed by atoms with van der Waals surface area (Å²) in [6.07, 6.45) is 3.66. The monoisotopic (exact) mass is 376 g/mol. The van der Waals surface area contributed by atoms with Gasteiger partial charge < -0.3 is 9.52 Å². The number of fused-ring (bicyclic) bond motifs is 2. The lowest BCUT2D eigenvalue weighted by molar-refractivity contribution is -0.136. The zero-order valence-electron chi connectivity index (χ0n) is 11.1. The predicted molar refractivity (Wildman–Crippen MR) is 87.3 cm³/mol. The van der Waals surface area contributed by atoms with Gasteiger partial charge in [-0.15, -0.1) is 11.3 Å². The number of aromatic nitrogens is 2. The second-order valence-corrected chi connectivity index (χ2v) is 6.89. The number of hydrogen-bond acceptors (Lipinski definition) is 4. The van der Waals surface area contributed by atoms with Gasteiger partial charge in [0.25, 0.3) is 0 Å². The van der Waals surface area contributed by atoms with E-state index in [4.69, 9.17) is 9.52 Å². The van der Waals surface area contributed by atoms with Crippen molar-refractivity contribution in [3.8, 4) is 11.5 Å². The lowest BCUT2D eigenvalue weighted by Crippen LogP contribution is -1.97. The summed E-state index contributed by atoms with van der Waals surface area (Å²) in [6.45, 7) is 0. The topological polar surface area (TPSA) is 67.7 Å². The lowest BCUT2D eigenvalue weighted by atomic mass is 10.2. The molecule has 7 heteroatoms. The van der Waals surface area contributed by atoms with Crippen LogP contribution in [-0.2, 0) is 11.2 Å². The summed E-state index contributed by atoms with van der Waals surface area (Å²) in [4.78, 5) is 16.8. The average Bonchev–Trinajstić information content (AvgIpc) is 3.08. The molecule has 0 radical (unpaired) electrons. The maximum Gasteiger partial charge on any atom is 0.308 e. The molecule has 0 bridgehead atoms. The molecule has 0 aliphatic heterocycles. The van der Waals surface area contributed by atoms with Crippen molar-refractivity contribution in [3.05, 3.63) is 46.0 Å². The van der Waals surface area contributed by atoms with Gasteiger partial charge in [-0.3, -0.25) is 9.20 Å². The van der Waals surface area contributed by atoms with E-state index in [9.17, 15) is 4.79 Å². The van der Waals surface area contributed by atoms with Gasteiger partial charge in [-0.2, -0.15) is 0 Å². The van der Waals surface area contributed by atoms with Crippen LogP contribution in [0.5, 0.6) is 0 Å². The molecule has 0 spiro atoms. The highest BCUT2D eigenvalue weighted by Crippen LogP contribution is 2.30. The quantitative estimate of drug-likeness (QED) is 0.581. The van der Waals surface area contributed by atoms with Crippen molar-refractivity contribution < 1.29 is 14.3 Å². The van der Waals surface area contributed by atoms with Crippen LogP contribution in [0.2, 0.25) is 0 Å². The number of thiazole rings is 1. The maximum atomic E-state index is 10.7. The minimum absolute atomic E-state index is 0.0159. The number of rotatable bonds is 3. The molecule has 1 N–H and O–H groups in total. The molecule has 4 aromatic rings. The van der Waals surface area contributed by atoms with Gasteiger partial charge in [0.1, 0.15) is 11.3 Å². The van der Waals surface area contributed by atoms with Crippen molar-refractivity contribution in [2.75, 3.05) is 0 Å². The van der Waals surface area contributed by atoms with E-state index in [0.29, 0.717) is 5.76 Å². The van der Waals surface area contributed by atoms with Crippen LogP contribution in [0.4, 0.5) is 0 Å². The Morgan fingerprint density at radius 3 is 3.00 bits per heavy atom. The first kappa shape index (κ1) is 13.5. The first-order chi connectivity index (χ1) is 10.6. The third-order valence-corrected chi connectivity index (χ3v) is 4.75. The first-order valence-corrected chi connectivity index (χ1v) is 8.08. The van der Waals surface area contributed by atoms with E-state index in [1.807, 2.05) is 34.9 Å². The number of nitrogens with zero attached hydrogens (tertiary/aromatic N) is 2. The van der Waals surface area contributed by atoms with E-state index >= 15 is 0 Å². The molecule has 0 aliphatic rings. The Kier molecular flexibility index (Phi) is 3.05. The molecule has 0 amide bonds. The van der Waals surface area contributed by atoms with E-state index < -0.39 is 5.97 Å². The first-order valence-electron chi connectivity index (χ1n) is 6.47. The highest BCUT2D eigenvalue weighted by molar-refractivity contribution is 9.10. The van der Waals surface area contributed by atoms with Crippen LogP contribution in [0.3, 0.4) is 0 Å². The molecule has 1 aromatic carbocycles. The fraction of sp³-hybridized carbons (Fsp3) is 0.0667. The summed E-state index contributed by atoms with van der Waals surface area (Å²) in [5.41, 5.74) is 1.54. The number of carboxylic acids is 1. The summed E-state index contributed by atoms with van der Waals surface area (Å²) >= 11 is 4.81. The molecule has 5 nitrogen and oxygen atoms in total. The highest BCUT2D eigenvalue weighted by Gasteiger charge is 2.13. The van der Waals surface area contributed by atoms with Crippen molar-refractivity contribution in [1.82, 2.24) is 9.38 Å². The molecule has 4 rings (SSSR count). The molecule has 0 saturated heterocycles. The number of halogens is 1. The molecule has 0 aliphatic carbocycles. The summed E-state index contributed by atoms with van der Waals surface area (Å²) in [6, 6.07) is 7.78. The summed E-state index contributed by atoms with van der Waals surface area (Å²) in [5, 5.41) is 9.83. The average molecular weight is 377 g/mol. The Morgan fingerprint density at radius 2 is 2.23 bits per heavy atom. The Morgan fingerprint density at radius 1 is 1.36 bits per heavy atom. The Labute approximate surface area is 136 Å². The number of carbonyl (C=O) groups is 1. The van der Waals surface area contributed by atoms with Gasteiger partial charge in [0.05, 0.1) is 6.42 Å². The molecule has 0 saturated carbocycles. The van der Waals surface area contributed by atoms with Crippen molar-refractivity contribution in [1.29, 1.82) is 0 Å². The van der Waals surface area contributed by atoms with E-state index in [-0.39, 0.29) is 6.42 Å². The van der Waals surface area contributed by atoms with Crippen molar-refractivity contribution in [3.63, 3.8) is 0 Å². The van der Waals surface area contributed by atoms with E-state index in [1.54, 1.807) is 6.20 Å². The van der Waals surface area contributed by atoms with Crippen LogP contribution in [0.1, 0.15) is 4.88 Å². The minimum Gasteiger partial charge on any atom is -0.481 e. The normalized spacial score (nSPS) is 11.5. The van der Waals surface area contributed by atoms with Crippen LogP contribution in [0.15, 0.2) is 45.5 Å². The van der Waals surface area contributed by atoms with Gasteiger partial charge in [-0.25, -0.2) is 4.98 Å². The molecule has 110 valence electrons. The smallest absolute Gasteiger partial charge is 0.308 e.